The van der Waals surface area contributed by atoms with Gasteiger partial charge in [-0.15, -0.1) is 0 Å². The molecule has 0 spiro atoms. The predicted molar refractivity (Wildman–Crippen MR) is 79.5 cm³/mol. The fourth-order valence-corrected chi connectivity index (χ4v) is 2.31. The summed E-state index contributed by atoms with van der Waals surface area (Å²) < 4.78 is 15.6. The third-order valence-corrected chi connectivity index (χ3v) is 3.42. The first kappa shape index (κ1) is 17.2. The van der Waals surface area contributed by atoms with Crippen molar-refractivity contribution in [2.45, 2.75) is 12.5 Å². The van der Waals surface area contributed by atoms with Gasteiger partial charge in [0, 0.05) is 31.5 Å². The van der Waals surface area contributed by atoms with E-state index < -0.39 is 12.0 Å². The van der Waals surface area contributed by atoms with Crippen molar-refractivity contribution in [3.63, 3.8) is 0 Å². The van der Waals surface area contributed by atoms with Crippen molar-refractivity contribution in [2.75, 3.05) is 40.1 Å². The standard InChI is InChI=1S/C15H20N2O6/c1-21-6-7-23-13-8-11(2-3-16-13)15(20)17-4-5-22-10-12(17)9-14(18)19/h2-3,8,12H,4-7,9-10H2,1H3,(H,18,19)/t12-/m0/s1. The maximum Gasteiger partial charge on any atom is 0.305 e. The number of ether oxygens (including phenoxy) is 3. The quantitative estimate of drug-likeness (QED) is 0.726. The molecule has 0 radical (unpaired) electrons. The van der Waals surface area contributed by atoms with Gasteiger partial charge in [-0.3, -0.25) is 9.59 Å². The average Bonchev–Trinajstić information content (AvgIpc) is 2.55. The van der Waals surface area contributed by atoms with Gasteiger partial charge >= 0.3 is 5.97 Å². The average molecular weight is 324 g/mol. The lowest BCUT2D eigenvalue weighted by atomic mass is 10.1. The summed E-state index contributed by atoms with van der Waals surface area (Å²) in [6, 6.07) is 2.66. The Labute approximate surface area is 134 Å². The van der Waals surface area contributed by atoms with E-state index in [0.717, 1.165) is 0 Å². The lowest BCUT2D eigenvalue weighted by Gasteiger charge is -2.34. The van der Waals surface area contributed by atoms with Crippen LogP contribution >= 0.6 is 0 Å². The molecule has 0 saturated carbocycles. The van der Waals surface area contributed by atoms with Crippen molar-refractivity contribution in [2.24, 2.45) is 0 Å². The second-order valence-corrected chi connectivity index (χ2v) is 5.05. The number of amides is 1. The fourth-order valence-electron chi connectivity index (χ4n) is 2.31. The summed E-state index contributed by atoms with van der Waals surface area (Å²) in [7, 11) is 1.57. The van der Waals surface area contributed by atoms with E-state index in [0.29, 0.717) is 37.8 Å². The zero-order chi connectivity index (χ0) is 16.7. The molecule has 2 rings (SSSR count). The highest BCUT2D eigenvalue weighted by Gasteiger charge is 2.30. The van der Waals surface area contributed by atoms with E-state index in [-0.39, 0.29) is 18.9 Å². The maximum absolute atomic E-state index is 12.6. The number of hydrogen-bond donors (Lipinski definition) is 1. The Hall–Kier alpha value is -2.19. The molecule has 0 unspecified atom stereocenters. The van der Waals surface area contributed by atoms with E-state index in [1.807, 2.05) is 0 Å². The number of morpholine rings is 1. The zero-order valence-corrected chi connectivity index (χ0v) is 12.9. The summed E-state index contributed by atoms with van der Waals surface area (Å²) in [4.78, 5) is 29.2. The number of carbonyl (C=O) groups is 2. The normalized spacial score (nSPS) is 17.8. The molecule has 1 aromatic rings. The van der Waals surface area contributed by atoms with Gasteiger partial charge in [0.25, 0.3) is 5.91 Å². The van der Waals surface area contributed by atoms with Crippen LogP contribution in [0.15, 0.2) is 18.3 Å². The molecular weight excluding hydrogens is 304 g/mol. The van der Waals surface area contributed by atoms with Crippen molar-refractivity contribution in [3.8, 4) is 5.88 Å². The summed E-state index contributed by atoms with van der Waals surface area (Å²) >= 11 is 0. The Morgan fingerprint density at radius 2 is 2.30 bits per heavy atom. The van der Waals surface area contributed by atoms with Crippen LogP contribution in [0.1, 0.15) is 16.8 Å². The fraction of sp³-hybridized carbons (Fsp3) is 0.533. The van der Waals surface area contributed by atoms with Crippen LogP contribution in [0.5, 0.6) is 5.88 Å². The van der Waals surface area contributed by atoms with Crippen LogP contribution in [-0.2, 0) is 14.3 Å². The molecule has 1 aliphatic heterocycles. The van der Waals surface area contributed by atoms with Gasteiger partial charge in [-0.1, -0.05) is 0 Å². The highest BCUT2D eigenvalue weighted by molar-refractivity contribution is 5.95. The van der Waals surface area contributed by atoms with E-state index in [2.05, 4.69) is 4.98 Å². The third-order valence-electron chi connectivity index (χ3n) is 3.42. The number of rotatable bonds is 7. The molecule has 2 heterocycles. The molecule has 1 atom stereocenters. The van der Waals surface area contributed by atoms with E-state index >= 15 is 0 Å². The minimum absolute atomic E-state index is 0.145. The van der Waals surface area contributed by atoms with Gasteiger partial charge in [0.1, 0.15) is 6.61 Å². The molecule has 1 amide bonds. The number of carboxylic acid groups (broad SMARTS) is 1. The van der Waals surface area contributed by atoms with Crippen LogP contribution in [0.2, 0.25) is 0 Å². The number of aliphatic carboxylic acids is 1. The third kappa shape index (κ3) is 4.90. The summed E-state index contributed by atoms with van der Waals surface area (Å²) in [5.41, 5.74) is 0.407. The number of methoxy groups -OCH3 is 1. The molecule has 1 aromatic heterocycles. The first-order chi connectivity index (χ1) is 11.1. The summed E-state index contributed by atoms with van der Waals surface area (Å²) in [5, 5.41) is 8.97. The molecule has 1 N–H and O–H groups in total. The Morgan fingerprint density at radius 3 is 3.04 bits per heavy atom. The van der Waals surface area contributed by atoms with Crippen LogP contribution in [0.25, 0.3) is 0 Å². The van der Waals surface area contributed by atoms with Gasteiger partial charge in [0.05, 0.1) is 32.3 Å². The second kappa shape index (κ2) is 8.44. The van der Waals surface area contributed by atoms with Crippen molar-refractivity contribution in [3.05, 3.63) is 23.9 Å². The lowest BCUT2D eigenvalue weighted by Crippen LogP contribution is -2.49. The topological polar surface area (TPSA) is 98.2 Å². The second-order valence-electron chi connectivity index (χ2n) is 5.05. The zero-order valence-electron chi connectivity index (χ0n) is 12.9. The number of carbonyl (C=O) groups excluding carboxylic acids is 1. The van der Waals surface area contributed by atoms with Crippen LogP contribution in [0.4, 0.5) is 0 Å². The highest BCUT2D eigenvalue weighted by atomic mass is 16.5. The molecule has 1 fully saturated rings. The van der Waals surface area contributed by atoms with Crippen LogP contribution in [-0.4, -0.2) is 73.0 Å². The van der Waals surface area contributed by atoms with Gasteiger partial charge in [0.15, 0.2) is 0 Å². The maximum atomic E-state index is 12.6. The molecular formula is C15H20N2O6. The molecule has 23 heavy (non-hydrogen) atoms. The van der Waals surface area contributed by atoms with Gasteiger partial charge in [0.2, 0.25) is 5.88 Å². The molecule has 1 saturated heterocycles. The number of aromatic nitrogens is 1. The molecule has 0 aliphatic carbocycles. The van der Waals surface area contributed by atoms with E-state index in [1.54, 1.807) is 19.2 Å². The van der Waals surface area contributed by atoms with Crippen LogP contribution < -0.4 is 4.74 Å². The Kier molecular flexibility index (Phi) is 6.30. The van der Waals surface area contributed by atoms with Gasteiger partial charge in [-0.25, -0.2) is 4.98 Å². The number of hydrogen-bond acceptors (Lipinski definition) is 6. The van der Waals surface area contributed by atoms with Gasteiger partial charge in [-0.05, 0) is 6.07 Å². The summed E-state index contributed by atoms with van der Waals surface area (Å²) in [6.07, 6.45) is 1.34. The number of pyridine rings is 1. The summed E-state index contributed by atoms with van der Waals surface area (Å²) in [6.45, 7) is 1.73. The molecule has 8 heteroatoms. The van der Waals surface area contributed by atoms with E-state index in [9.17, 15) is 9.59 Å². The van der Waals surface area contributed by atoms with E-state index in [1.165, 1.54) is 11.1 Å². The number of carboxylic acids is 1. The summed E-state index contributed by atoms with van der Waals surface area (Å²) in [5.74, 6) is -0.883. The van der Waals surface area contributed by atoms with E-state index in [4.69, 9.17) is 19.3 Å². The molecule has 8 nitrogen and oxygen atoms in total. The van der Waals surface area contributed by atoms with Gasteiger partial charge in [-0.2, -0.15) is 0 Å². The van der Waals surface area contributed by atoms with Crippen LogP contribution in [0.3, 0.4) is 0 Å². The Morgan fingerprint density at radius 1 is 1.48 bits per heavy atom. The largest absolute Gasteiger partial charge is 0.481 e. The lowest BCUT2D eigenvalue weighted by molar-refractivity contribution is -0.139. The molecule has 0 bridgehead atoms. The minimum Gasteiger partial charge on any atom is -0.481 e. The first-order valence-corrected chi connectivity index (χ1v) is 7.30. The smallest absolute Gasteiger partial charge is 0.305 e. The molecule has 1 aliphatic rings. The number of nitrogens with zero attached hydrogens (tertiary/aromatic N) is 2. The SMILES string of the molecule is COCCOc1cc(C(=O)N2CCOC[C@@H]2CC(=O)O)ccn1. The monoisotopic (exact) mass is 324 g/mol. The van der Waals surface area contributed by atoms with Crippen molar-refractivity contribution in [1.82, 2.24) is 9.88 Å². The predicted octanol–water partition coefficient (Wildman–Crippen LogP) is 0.422. The van der Waals surface area contributed by atoms with Crippen molar-refractivity contribution >= 4 is 11.9 Å². The first-order valence-electron chi connectivity index (χ1n) is 7.30. The van der Waals surface area contributed by atoms with Gasteiger partial charge < -0.3 is 24.2 Å². The molecule has 0 aromatic carbocycles. The van der Waals surface area contributed by atoms with Crippen LogP contribution in [0, 0.1) is 0 Å². The minimum atomic E-state index is -0.961. The van der Waals surface area contributed by atoms with Crippen molar-refractivity contribution < 1.29 is 28.9 Å². The highest BCUT2D eigenvalue weighted by Crippen LogP contribution is 2.17. The Balaban J connectivity index is 2.08. The molecule has 126 valence electrons. The van der Waals surface area contributed by atoms with Crippen molar-refractivity contribution in [1.29, 1.82) is 0 Å². The Bertz CT molecular complexity index is 551.